The van der Waals surface area contributed by atoms with Crippen molar-refractivity contribution < 1.29 is 9.90 Å². The van der Waals surface area contributed by atoms with Crippen LogP contribution in [-0.2, 0) is 0 Å². The van der Waals surface area contributed by atoms with Gasteiger partial charge in [0.05, 0.1) is 0 Å². The van der Waals surface area contributed by atoms with Crippen LogP contribution in [0.5, 0.6) is 0 Å². The van der Waals surface area contributed by atoms with E-state index in [0.717, 1.165) is 5.69 Å². The molecule has 0 unspecified atom stereocenters. The molecule has 1 amide bonds. The van der Waals surface area contributed by atoms with Gasteiger partial charge in [-0.3, -0.25) is 9.78 Å². The molecule has 2 heterocycles. The van der Waals surface area contributed by atoms with E-state index in [9.17, 15) is 9.90 Å². The standard InChI is InChI=1S/C14H21N3O2/c1-4-15-13(18)12-7-11(5-6-16-12)17-8-14(19,9-17)10(2)3/h5-7,10,19H,4,8-9H2,1-3H3,(H,15,18). The van der Waals surface area contributed by atoms with Crippen molar-refractivity contribution in [1.29, 1.82) is 0 Å². The van der Waals surface area contributed by atoms with Crippen LogP contribution in [-0.4, -0.2) is 41.2 Å². The first kappa shape index (κ1) is 13.8. The van der Waals surface area contributed by atoms with E-state index < -0.39 is 5.60 Å². The maximum Gasteiger partial charge on any atom is 0.269 e. The number of rotatable bonds is 4. The third kappa shape index (κ3) is 2.71. The molecule has 1 fully saturated rings. The molecule has 2 rings (SSSR count). The van der Waals surface area contributed by atoms with E-state index in [-0.39, 0.29) is 11.8 Å². The van der Waals surface area contributed by atoms with Crippen molar-refractivity contribution in [2.24, 2.45) is 5.92 Å². The first-order chi connectivity index (χ1) is 8.96. The van der Waals surface area contributed by atoms with Crippen molar-refractivity contribution in [1.82, 2.24) is 10.3 Å². The van der Waals surface area contributed by atoms with E-state index in [2.05, 4.69) is 15.2 Å². The van der Waals surface area contributed by atoms with E-state index in [4.69, 9.17) is 0 Å². The highest BCUT2D eigenvalue weighted by molar-refractivity contribution is 5.93. The number of hydrogen-bond donors (Lipinski definition) is 2. The van der Waals surface area contributed by atoms with Crippen LogP contribution < -0.4 is 10.2 Å². The maximum absolute atomic E-state index is 11.7. The van der Waals surface area contributed by atoms with Gasteiger partial charge in [0.15, 0.2) is 0 Å². The van der Waals surface area contributed by atoms with Gasteiger partial charge in [-0.15, -0.1) is 0 Å². The number of aliphatic hydroxyl groups is 1. The fourth-order valence-corrected chi connectivity index (χ4v) is 2.15. The van der Waals surface area contributed by atoms with Crippen molar-refractivity contribution >= 4 is 11.6 Å². The molecule has 19 heavy (non-hydrogen) atoms. The Bertz CT molecular complexity index is 468. The molecule has 0 aromatic carbocycles. The molecular formula is C14H21N3O2. The van der Waals surface area contributed by atoms with Crippen molar-refractivity contribution in [2.75, 3.05) is 24.5 Å². The van der Waals surface area contributed by atoms with Gasteiger partial charge in [0, 0.05) is 31.5 Å². The minimum absolute atomic E-state index is 0.163. The Morgan fingerprint density at radius 2 is 2.26 bits per heavy atom. The van der Waals surface area contributed by atoms with Crippen molar-refractivity contribution in [3.05, 3.63) is 24.0 Å². The predicted molar refractivity (Wildman–Crippen MR) is 74.2 cm³/mol. The lowest BCUT2D eigenvalue weighted by atomic mass is 9.83. The van der Waals surface area contributed by atoms with Gasteiger partial charge in [0.25, 0.3) is 5.91 Å². The van der Waals surface area contributed by atoms with Crippen molar-refractivity contribution in [3.63, 3.8) is 0 Å². The summed E-state index contributed by atoms with van der Waals surface area (Å²) < 4.78 is 0. The molecule has 0 spiro atoms. The molecule has 0 aliphatic carbocycles. The summed E-state index contributed by atoms with van der Waals surface area (Å²) in [7, 11) is 0. The fourth-order valence-electron chi connectivity index (χ4n) is 2.15. The third-order valence-corrected chi connectivity index (χ3v) is 3.68. The Kier molecular flexibility index (Phi) is 3.75. The van der Waals surface area contributed by atoms with Crippen LogP contribution in [0, 0.1) is 5.92 Å². The second kappa shape index (κ2) is 5.17. The summed E-state index contributed by atoms with van der Waals surface area (Å²) >= 11 is 0. The monoisotopic (exact) mass is 263 g/mol. The van der Waals surface area contributed by atoms with Crippen LogP contribution in [0.4, 0.5) is 5.69 Å². The van der Waals surface area contributed by atoms with E-state index in [1.165, 1.54) is 0 Å². The highest BCUT2D eigenvalue weighted by atomic mass is 16.3. The Morgan fingerprint density at radius 3 is 2.84 bits per heavy atom. The Labute approximate surface area is 113 Å². The molecule has 1 aliphatic rings. The van der Waals surface area contributed by atoms with Crippen LogP contribution in [0.15, 0.2) is 18.3 Å². The van der Waals surface area contributed by atoms with Gasteiger partial charge in [0.2, 0.25) is 0 Å². The zero-order chi connectivity index (χ0) is 14.0. The number of nitrogens with zero attached hydrogens (tertiary/aromatic N) is 2. The number of hydrogen-bond acceptors (Lipinski definition) is 4. The highest BCUT2D eigenvalue weighted by Crippen LogP contribution is 2.32. The Hall–Kier alpha value is -1.62. The lowest BCUT2D eigenvalue weighted by molar-refractivity contribution is -0.0300. The van der Waals surface area contributed by atoms with E-state index in [1.807, 2.05) is 26.8 Å². The molecule has 0 saturated carbocycles. The van der Waals surface area contributed by atoms with Gasteiger partial charge in [-0.2, -0.15) is 0 Å². The quantitative estimate of drug-likeness (QED) is 0.852. The molecular weight excluding hydrogens is 242 g/mol. The summed E-state index contributed by atoms with van der Waals surface area (Å²) in [6, 6.07) is 3.63. The number of carbonyl (C=O) groups excluding carboxylic acids is 1. The number of amides is 1. The van der Waals surface area contributed by atoms with Gasteiger partial charge in [-0.05, 0) is 25.0 Å². The van der Waals surface area contributed by atoms with Crippen molar-refractivity contribution in [3.8, 4) is 0 Å². The lowest BCUT2D eigenvalue weighted by Crippen LogP contribution is -2.64. The summed E-state index contributed by atoms with van der Waals surface area (Å²) in [4.78, 5) is 17.8. The molecule has 1 aromatic rings. The molecule has 1 aliphatic heterocycles. The molecule has 0 atom stereocenters. The lowest BCUT2D eigenvalue weighted by Gasteiger charge is -2.50. The predicted octanol–water partition coefficient (Wildman–Crippen LogP) is 1.04. The smallest absolute Gasteiger partial charge is 0.269 e. The molecule has 0 radical (unpaired) electrons. The van der Waals surface area contributed by atoms with Gasteiger partial charge < -0.3 is 15.3 Å². The molecule has 2 N–H and O–H groups in total. The zero-order valence-corrected chi connectivity index (χ0v) is 11.7. The van der Waals surface area contributed by atoms with Crippen molar-refractivity contribution in [2.45, 2.75) is 26.4 Å². The van der Waals surface area contributed by atoms with E-state index >= 15 is 0 Å². The fraction of sp³-hybridized carbons (Fsp3) is 0.571. The van der Waals surface area contributed by atoms with Crippen LogP contribution in [0.3, 0.4) is 0 Å². The maximum atomic E-state index is 11.7. The van der Waals surface area contributed by atoms with Crippen LogP contribution in [0.1, 0.15) is 31.3 Å². The molecule has 1 aromatic heterocycles. The minimum Gasteiger partial charge on any atom is -0.386 e. The average Bonchev–Trinajstić information content (AvgIpc) is 2.35. The molecule has 0 bridgehead atoms. The second-order valence-corrected chi connectivity index (χ2v) is 5.37. The summed E-state index contributed by atoms with van der Waals surface area (Å²) in [5, 5.41) is 13.0. The van der Waals surface area contributed by atoms with Crippen LogP contribution in [0.25, 0.3) is 0 Å². The third-order valence-electron chi connectivity index (χ3n) is 3.68. The van der Waals surface area contributed by atoms with E-state index in [1.54, 1.807) is 12.3 Å². The number of nitrogens with one attached hydrogen (secondary N) is 1. The number of β-amino-alcohol motifs (C(OH)–C–C–N with tert-alkyl or cyclic N) is 1. The molecule has 1 saturated heterocycles. The topological polar surface area (TPSA) is 65.5 Å². The SMILES string of the molecule is CCNC(=O)c1cc(N2CC(O)(C(C)C)C2)ccn1. The van der Waals surface area contributed by atoms with Gasteiger partial charge in [0.1, 0.15) is 11.3 Å². The van der Waals surface area contributed by atoms with E-state index in [0.29, 0.717) is 25.3 Å². The van der Waals surface area contributed by atoms with Gasteiger partial charge in [-0.1, -0.05) is 13.8 Å². The first-order valence-electron chi connectivity index (χ1n) is 6.68. The summed E-state index contributed by atoms with van der Waals surface area (Å²) in [5.74, 6) is 0.0671. The summed E-state index contributed by atoms with van der Waals surface area (Å²) in [6.07, 6.45) is 1.63. The summed E-state index contributed by atoms with van der Waals surface area (Å²) in [5.41, 5.74) is 0.732. The van der Waals surface area contributed by atoms with Gasteiger partial charge in [-0.25, -0.2) is 0 Å². The van der Waals surface area contributed by atoms with Crippen LogP contribution in [0.2, 0.25) is 0 Å². The number of anilines is 1. The number of aromatic nitrogens is 1. The average molecular weight is 263 g/mol. The molecule has 104 valence electrons. The highest BCUT2D eigenvalue weighted by Gasteiger charge is 2.43. The molecule has 5 nitrogen and oxygen atoms in total. The zero-order valence-electron chi connectivity index (χ0n) is 11.7. The first-order valence-corrected chi connectivity index (χ1v) is 6.68. The van der Waals surface area contributed by atoms with Crippen LogP contribution >= 0.6 is 0 Å². The largest absolute Gasteiger partial charge is 0.386 e. The molecule has 5 heteroatoms. The Morgan fingerprint density at radius 1 is 1.58 bits per heavy atom. The number of pyridine rings is 1. The second-order valence-electron chi connectivity index (χ2n) is 5.37. The Balaban J connectivity index is 2.07. The van der Waals surface area contributed by atoms with Gasteiger partial charge >= 0.3 is 0 Å². The normalized spacial score (nSPS) is 17.2. The number of carbonyl (C=O) groups is 1. The minimum atomic E-state index is -0.616. The summed E-state index contributed by atoms with van der Waals surface area (Å²) in [6.45, 7) is 7.70.